The van der Waals surface area contributed by atoms with Crippen LogP contribution < -0.4 is 9.21 Å². The molecule has 5 nitrogen and oxygen atoms in total. The summed E-state index contributed by atoms with van der Waals surface area (Å²) in [6.07, 6.45) is 1.81. The molecule has 3 aromatic carbocycles. The molecule has 4 rings (SSSR count). The molecule has 0 atom stereocenters. The molecule has 0 N–H and O–H groups in total. The molecule has 0 saturated heterocycles. The number of fused-ring (bicyclic) bond motifs is 1. The van der Waals surface area contributed by atoms with Crippen molar-refractivity contribution in [1.82, 2.24) is 0 Å². The predicted molar refractivity (Wildman–Crippen MR) is 120 cm³/mol. The van der Waals surface area contributed by atoms with Crippen molar-refractivity contribution in [3.63, 3.8) is 0 Å². The fourth-order valence-electron chi connectivity index (χ4n) is 3.78. The van der Waals surface area contributed by atoms with E-state index in [0.717, 1.165) is 22.4 Å². The number of sulfonamides is 1. The van der Waals surface area contributed by atoms with Crippen LogP contribution in [0.4, 0.5) is 11.4 Å². The van der Waals surface area contributed by atoms with Crippen molar-refractivity contribution in [2.75, 3.05) is 22.0 Å². The normalized spacial score (nSPS) is 13.2. The molecule has 0 aromatic heterocycles. The summed E-state index contributed by atoms with van der Waals surface area (Å²) in [6.45, 7) is 2.88. The zero-order valence-electron chi connectivity index (χ0n) is 17.1. The van der Waals surface area contributed by atoms with Gasteiger partial charge in [0.2, 0.25) is 10.0 Å². The quantitative estimate of drug-likeness (QED) is 0.623. The molecule has 0 unspecified atom stereocenters. The van der Waals surface area contributed by atoms with Gasteiger partial charge in [-0.1, -0.05) is 48.0 Å². The second-order valence-corrected chi connectivity index (χ2v) is 9.55. The largest absolute Gasteiger partial charge is 0.304 e. The highest BCUT2D eigenvalue weighted by Gasteiger charge is 2.28. The molecule has 1 heterocycles. The monoisotopic (exact) mass is 420 g/mol. The van der Waals surface area contributed by atoms with Crippen molar-refractivity contribution in [2.45, 2.75) is 19.9 Å². The van der Waals surface area contributed by atoms with Gasteiger partial charge in [-0.2, -0.15) is 0 Å². The van der Waals surface area contributed by atoms with E-state index in [9.17, 15) is 13.2 Å². The number of hydrogen-bond donors (Lipinski definition) is 0. The van der Waals surface area contributed by atoms with E-state index in [1.54, 1.807) is 17.0 Å². The lowest BCUT2D eigenvalue weighted by Crippen LogP contribution is -2.30. The van der Waals surface area contributed by atoms with Crippen LogP contribution in [0.25, 0.3) is 0 Å². The highest BCUT2D eigenvalue weighted by atomic mass is 32.2. The second-order valence-electron chi connectivity index (χ2n) is 7.64. The molecule has 1 aliphatic rings. The summed E-state index contributed by atoms with van der Waals surface area (Å²) in [6, 6.07) is 23.1. The Kier molecular flexibility index (Phi) is 5.35. The van der Waals surface area contributed by atoms with Crippen LogP contribution in [0.1, 0.15) is 27.0 Å². The van der Waals surface area contributed by atoms with E-state index in [2.05, 4.69) is 0 Å². The summed E-state index contributed by atoms with van der Waals surface area (Å²) in [5, 5.41) is 0. The minimum atomic E-state index is -3.32. The van der Waals surface area contributed by atoms with Crippen LogP contribution in [0, 0.1) is 6.92 Å². The number of carbonyl (C=O) groups excluding carboxylic acids is 1. The lowest BCUT2D eigenvalue weighted by atomic mass is 10.1. The smallest absolute Gasteiger partial charge is 0.258 e. The lowest BCUT2D eigenvalue weighted by Gasteiger charge is -2.24. The number of carbonyl (C=O) groups is 1. The highest BCUT2D eigenvalue weighted by molar-refractivity contribution is 7.92. The molecule has 154 valence electrons. The molecule has 1 aliphatic heterocycles. The van der Waals surface area contributed by atoms with Crippen LogP contribution in [0.5, 0.6) is 0 Å². The Balaban J connectivity index is 1.69. The van der Waals surface area contributed by atoms with Crippen molar-refractivity contribution < 1.29 is 13.2 Å². The summed E-state index contributed by atoms with van der Waals surface area (Å²) in [5.41, 5.74) is 5.10. The van der Waals surface area contributed by atoms with E-state index in [1.807, 2.05) is 67.6 Å². The van der Waals surface area contributed by atoms with Crippen LogP contribution in [0.3, 0.4) is 0 Å². The SMILES string of the molecule is Cc1ccc(N(Cc2ccccc2)C(=O)c2ccc3c(c2)CCN3S(C)(=O)=O)cc1. The topological polar surface area (TPSA) is 57.7 Å². The van der Waals surface area contributed by atoms with E-state index in [-0.39, 0.29) is 5.91 Å². The number of benzene rings is 3. The van der Waals surface area contributed by atoms with Gasteiger partial charge in [-0.3, -0.25) is 9.10 Å². The third-order valence-corrected chi connectivity index (χ3v) is 6.53. The fraction of sp³-hybridized carbons (Fsp3) is 0.208. The molecule has 1 amide bonds. The van der Waals surface area contributed by atoms with Crippen molar-refractivity contribution in [1.29, 1.82) is 0 Å². The first-order valence-corrected chi connectivity index (χ1v) is 11.7. The highest BCUT2D eigenvalue weighted by Crippen LogP contribution is 2.31. The second kappa shape index (κ2) is 7.95. The summed E-state index contributed by atoms with van der Waals surface area (Å²) in [4.78, 5) is 15.3. The maximum Gasteiger partial charge on any atom is 0.258 e. The number of anilines is 2. The molecule has 0 aliphatic carbocycles. The molecular formula is C24H24N2O3S. The third-order valence-electron chi connectivity index (χ3n) is 5.35. The van der Waals surface area contributed by atoms with Gasteiger partial charge in [0.25, 0.3) is 5.91 Å². The zero-order valence-corrected chi connectivity index (χ0v) is 17.9. The minimum Gasteiger partial charge on any atom is -0.304 e. The Labute approximate surface area is 177 Å². The summed E-state index contributed by atoms with van der Waals surface area (Å²) in [5.74, 6) is -0.108. The van der Waals surface area contributed by atoms with E-state index in [0.29, 0.717) is 30.8 Å². The molecule has 0 spiro atoms. The van der Waals surface area contributed by atoms with Gasteiger partial charge in [-0.15, -0.1) is 0 Å². The third kappa shape index (κ3) is 4.09. The van der Waals surface area contributed by atoms with Crippen molar-refractivity contribution in [2.24, 2.45) is 0 Å². The summed E-state index contributed by atoms with van der Waals surface area (Å²) in [7, 11) is -3.32. The summed E-state index contributed by atoms with van der Waals surface area (Å²) >= 11 is 0. The average Bonchev–Trinajstić information content (AvgIpc) is 3.17. The van der Waals surface area contributed by atoms with E-state index >= 15 is 0 Å². The average molecular weight is 421 g/mol. The Bertz CT molecular complexity index is 1170. The van der Waals surface area contributed by atoms with E-state index < -0.39 is 10.0 Å². The lowest BCUT2D eigenvalue weighted by molar-refractivity contribution is 0.0985. The van der Waals surface area contributed by atoms with Gasteiger partial charge in [0.1, 0.15) is 0 Å². The molecule has 0 bridgehead atoms. The van der Waals surface area contributed by atoms with Crippen LogP contribution in [0.15, 0.2) is 72.8 Å². The van der Waals surface area contributed by atoms with Crippen molar-refractivity contribution in [3.8, 4) is 0 Å². The number of nitrogens with zero attached hydrogens (tertiary/aromatic N) is 2. The van der Waals surface area contributed by atoms with Gasteiger partial charge in [0.15, 0.2) is 0 Å². The van der Waals surface area contributed by atoms with Gasteiger partial charge in [0, 0.05) is 17.8 Å². The number of amides is 1. The number of hydrogen-bond acceptors (Lipinski definition) is 3. The zero-order chi connectivity index (χ0) is 21.3. The molecule has 6 heteroatoms. The van der Waals surface area contributed by atoms with Gasteiger partial charge in [-0.05, 0) is 54.8 Å². The Morgan fingerprint density at radius 2 is 1.70 bits per heavy atom. The molecular weight excluding hydrogens is 396 g/mol. The molecule has 30 heavy (non-hydrogen) atoms. The fourth-order valence-corrected chi connectivity index (χ4v) is 4.73. The first-order valence-electron chi connectivity index (χ1n) is 9.86. The maximum absolute atomic E-state index is 13.5. The molecule has 0 saturated carbocycles. The van der Waals surface area contributed by atoms with Crippen molar-refractivity contribution >= 4 is 27.3 Å². The van der Waals surface area contributed by atoms with Crippen LogP contribution in [-0.4, -0.2) is 27.1 Å². The standard InChI is InChI=1S/C24H24N2O3S/c1-18-8-11-22(12-9-18)25(17-19-6-4-3-5-7-19)24(27)21-10-13-23-20(16-21)14-15-26(23)30(2,28)29/h3-13,16H,14-15,17H2,1-2H3. The Morgan fingerprint density at radius 3 is 2.37 bits per heavy atom. The Hall–Kier alpha value is -3.12. The summed E-state index contributed by atoms with van der Waals surface area (Å²) < 4.78 is 25.4. The maximum atomic E-state index is 13.5. The minimum absolute atomic E-state index is 0.108. The first-order chi connectivity index (χ1) is 14.3. The Morgan fingerprint density at radius 1 is 1.00 bits per heavy atom. The van der Waals surface area contributed by atoms with Crippen LogP contribution >= 0.6 is 0 Å². The van der Waals surface area contributed by atoms with E-state index in [1.165, 1.54) is 10.6 Å². The van der Waals surface area contributed by atoms with E-state index in [4.69, 9.17) is 0 Å². The van der Waals surface area contributed by atoms with Gasteiger partial charge < -0.3 is 4.90 Å². The van der Waals surface area contributed by atoms with Gasteiger partial charge in [0.05, 0.1) is 18.5 Å². The van der Waals surface area contributed by atoms with Crippen LogP contribution in [-0.2, 0) is 23.0 Å². The molecule has 3 aromatic rings. The predicted octanol–water partition coefficient (Wildman–Crippen LogP) is 4.16. The number of rotatable bonds is 5. The number of aryl methyl sites for hydroxylation is 1. The van der Waals surface area contributed by atoms with Gasteiger partial charge >= 0.3 is 0 Å². The first kappa shape index (κ1) is 20.2. The van der Waals surface area contributed by atoms with Gasteiger partial charge in [-0.25, -0.2) is 8.42 Å². The molecule has 0 fully saturated rings. The van der Waals surface area contributed by atoms with Crippen LogP contribution in [0.2, 0.25) is 0 Å². The van der Waals surface area contributed by atoms with Crippen molar-refractivity contribution in [3.05, 3.63) is 95.1 Å². The molecule has 0 radical (unpaired) electrons.